The number of esters is 2. The number of hydrogen-bond acceptors (Lipinski definition) is 6. The molecule has 0 unspecified atom stereocenters. The van der Waals surface area contributed by atoms with Gasteiger partial charge in [-0.2, -0.15) is 4.31 Å². The Labute approximate surface area is 152 Å². The van der Waals surface area contributed by atoms with Crippen molar-refractivity contribution in [2.75, 3.05) is 13.2 Å². The van der Waals surface area contributed by atoms with Gasteiger partial charge in [0.15, 0.2) is 6.61 Å². The van der Waals surface area contributed by atoms with Crippen molar-refractivity contribution in [2.45, 2.75) is 50.2 Å². The lowest BCUT2D eigenvalue weighted by molar-refractivity contribution is -0.167. The third kappa shape index (κ3) is 4.79. The molecule has 1 atom stereocenters. The molecule has 144 valence electrons. The number of carbonyl (C=O) groups excluding carboxylic acids is 2. The van der Waals surface area contributed by atoms with Crippen molar-refractivity contribution in [3.05, 3.63) is 30.1 Å². The van der Waals surface area contributed by atoms with Gasteiger partial charge in [0.25, 0.3) is 0 Å². The maximum atomic E-state index is 13.9. The van der Waals surface area contributed by atoms with E-state index in [2.05, 4.69) is 0 Å². The number of hydrogen-bond donors (Lipinski definition) is 0. The molecular formula is C17H22FNO6S. The molecule has 2 rings (SSSR count). The average Bonchev–Trinajstić information content (AvgIpc) is 3.01. The molecule has 26 heavy (non-hydrogen) atoms. The Bertz CT molecular complexity index is 787. The molecule has 1 aromatic carbocycles. The summed E-state index contributed by atoms with van der Waals surface area (Å²) in [5.41, 5.74) is -0.725. The van der Waals surface area contributed by atoms with Crippen molar-refractivity contribution in [3.63, 3.8) is 0 Å². The molecular weight excluding hydrogens is 365 g/mol. The van der Waals surface area contributed by atoms with Gasteiger partial charge in [0.2, 0.25) is 10.0 Å². The summed E-state index contributed by atoms with van der Waals surface area (Å²) in [4.78, 5) is 23.4. The number of halogens is 1. The zero-order valence-electron chi connectivity index (χ0n) is 14.9. The fraction of sp³-hybridized carbons (Fsp3) is 0.529. The molecule has 7 nitrogen and oxygen atoms in total. The molecule has 0 aromatic heterocycles. The van der Waals surface area contributed by atoms with Gasteiger partial charge in [0.05, 0.1) is 0 Å². The van der Waals surface area contributed by atoms with Crippen molar-refractivity contribution >= 4 is 22.0 Å². The number of carbonyl (C=O) groups is 2. The fourth-order valence-corrected chi connectivity index (χ4v) is 4.35. The van der Waals surface area contributed by atoms with Gasteiger partial charge < -0.3 is 9.47 Å². The van der Waals surface area contributed by atoms with E-state index in [4.69, 9.17) is 9.47 Å². The minimum absolute atomic E-state index is 0.0723. The van der Waals surface area contributed by atoms with Crippen molar-refractivity contribution in [1.29, 1.82) is 0 Å². The van der Waals surface area contributed by atoms with Crippen molar-refractivity contribution in [2.24, 2.45) is 0 Å². The Kier molecular flexibility index (Phi) is 6.02. The van der Waals surface area contributed by atoms with Gasteiger partial charge in [-0.1, -0.05) is 12.1 Å². The second kappa shape index (κ2) is 7.71. The minimum Gasteiger partial charge on any atom is -0.457 e. The smallest absolute Gasteiger partial charge is 0.344 e. The monoisotopic (exact) mass is 387 g/mol. The summed E-state index contributed by atoms with van der Waals surface area (Å²) in [5.74, 6) is -2.47. The number of sulfonamides is 1. The summed E-state index contributed by atoms with van der Waals surface area (Å²) in [6.07, 6.45) is 0.667. The molecule has 1 saturated heterocycles. The highest BCUT2D eigenvalue weighted by Crippen LogP contribution is 2.28. The van der Waals surface area contributed by atoms with Gasteiger partial charge in [-0.25, -0.2) is 17.6 Å². The summed E-state index contributed by atoms with van der Waals surface area (Å²) in [6, 6.07) is 3.87. The number of rotatable bonds is 5. The van der Waals surface area contributed by atoms with Gasteiger partial charge in [0.1, 0.15) is 22.4 Å². The molecule has 0 bridgehead atoms. The van der Waals surface area contributed by atoms with E-state index in [0.717, 1.165) is 16.4 Å². The Hall–Kier alpha value is -2.00. The van der Waals surface area contributed by atoms with Crippen LogP contribution in [0.25, 0.3) is 0 Å². The Morgan fingerprint density at radius 3 is 2.54 bits per heavy atom. The number of ether oxygens (including phenoxy) is 2. The highest BCUT2D eigenvalue weighted by molar-refractivity contribution is 7.89. The standard InChI is InChI=1S/C17H22FNO6S/c1-17(2,3)25-15(20)11-24-16(21)13-8-6-10-19(13)26(22,23)14-9-5-4-7-12(14)18/h4-5,7,9,13H,6,8,10-11H2,1-3H3/t13-/m0/s1. The molecule has 1 aliphatic rings. The highest BCUT2D eigenvalue weighted by atomic mass is 32.2. The molecule has 0 spiro atoms. The summed E-state index contributed by atoms with van der Waals surface area (Å²) in [7, 11) is -4.19. The quantitative estimate of drug-likeness (QED) is 0.717. The number of benzene rings is 1. The Morgan fingerprint density at radius 1 is 1.27 bits per heavy atom. The van der Waals surface area contributed by atoms with E-state index < -0.39 is 50.9 Å². The first-order valence-corrected chi connectivity index (χ1v) is 9.61. The average molecular weight is 387 g/mol. The molecule has 0 radical (unpaired) electrons. The van der Waals surface area contributed by atoms with Crippen LogP contribution < -0.4 is 0 Å². The zero-order chi connectivity index (χ0) is 19.5. The summed E-state index contributed by atoms with van der Waals surface area (Å²) in [5, 5.41) is 0. The van der Waals surface area contributed by atoms with Crippen LogP contribution in [0.1, 0.15) is 33.6 Å². The van der Waals surface area contributed by atoms with E-state index in [1.807, 2.05) is 0 Å². The molecule has 1 fully saturated rings. The Morgan fingerprint density at radius 2 is 1.92 bits per heavy atom. The second-order valence-electron chi connectivity index (χ2n) is 6.90. The topological polar surface area (TPSA) is 90.0 Å². The van der Waals surface area contributed by atoms with Crippen LogP contribution in [0.4, 0.5) is 4.39 Å². The minimum atomic E-state index is -4.19. The first-order valence-electron chi connectivity index (χ1n) is 8.17. The van der Waals surface area contributed by atoms with E-state index in [0.29, 0.717) is 6.42 Å². The zero-order valence-corrected chi connectivity index (χ0v) is 15.7. The van der Waals surface area contributed by atoms with Gasteiger partial charge in [-0.05, 0) is 45.7 Å². The predicted octanol–water partition coefficient (Wildman–Crippen LogP) is 1.86. The van der Waals surface area contributed by atoms with Crippen LogP contribution in [0, 0.1) is 5.82 Å². The molecule has 0 N–H and O–H groups in total. The van der Waals surface area contributed by atoms with Crippen LogP contribution in [-0.4, -0.2) is 49.5 Å². The lowest BCUT2D eigenvalue weighted by atomic mass is 10.2. The van der Waals surface area contributed by atoms with E-state index >= 15 is 0 Å². The number of nitrogens with zero attached hydrogens (tertiary/aromatic N) is 1. The third-order valence-electron chi connectivity index (χ3n) is 3.65. The van der Waals surface area contributed by atoms with Crippen molar-refractivity contribution < 1.29 is 31.9 Å². The largest absolute Gasteiger partial charge is 0.457 e. The summed E-state index contributed by atoms with van der Waals surface area (Å²) >= 11 is 0. The van der Waals surface area contributed by atoms with E-state index in [1.165, 1.54) is 12.1 Å². The maximum Gasteiger partial charge on any atom is 0.344 e. The van der Waals surface area contributed by atoms with Gasteiger partial charge in [-0.15, -0.1) is 0 Å². The molecule has 1 aromatic rings. The lowest BCUT2D eigenvalue weighted by Gasteiger charge is -2.23. The fourth-order valence-electron chi connectivity index (χ4n) is 2.64. The van der Waals surface area contributed by atoms with Crippen LogP contribution in [0.3, 0.4) is 0 Å². The van der Waals surface area contributed by atoms with Crippen LogP contribution in [-0.2, 0) is 29.1 Å². The first-order chi connectivity index (χ1) is 12.0. The maximum absolute atomic E-state index is 13.9. The molecule has 0 saturated carbocycles. The van der Waals surface area contributed by atoms with Crippen LogP contribution in [0.2, 0.25) is 0 Å². The highest BCUT2D eigenvalue weighted by Gasteiger charge is 2.41. The van der Waals surface area contributed by atoms with Gasteiger partial charge in [-0.3, -0.25) is 4.79 Å². The molecule has 9 heteroatoms. The second-order valence-corrected chi connectivity index (χ2v) is 8.76. The molecule has 0 aliphatic carbocycles. The lowest BCUT2D eigenvalue weighted by Crippen LogP contribution is -2.42. The van der Waals surface area contributed by atoms with E-state index in [9.17, 15) is 22.4 Å². The molecule has 1 heterocycles. The van der Waals surface area contributed by atoms with Crippen molar-refractivity contribution in [3.8, 4) is 0 Å². The van der Waals surface area contributed by atoms with Crippen LogP contribution >= 0.6 is 0 Å². The molecule has 0 amide bonds. The Balaban J connectivity index is 2.09. The SMILES string of the molecule is CC(C)(C)OC(=O)COC(=O)[C@@H]1CCCN1S(=O)(=O)c1ccccc1F. The van der Waals surface area contributed by atoms with Gasteiger partial charge >= 0.3 is 11.9 Å². The van der Waals surface area contributed by atoms with Crippen LogP contribution in [0.5, 0.6) is 0 Å². The van der Waals surface area contributed by atoms with E-state index in [1.54, 1.807) is 20.8 Å². The van der Waals surface area contributed by atoms with Gasteiger partial charge in [0, 0.05) is 6.54 Å². The summed E-state index contributed by atoms with van der Waals surface area (Å²) in [6.45, 7) is 4.48. The predicted molar refractivity (Wildman–Crippen MR) is 90.1 cm³/mol. The van der Waals surface area contributed by atoms with Crippen LogP contribution in [0.15, 0.2) is 29.2 Å². The first kappa shape index (κ1) is 20.3. The molecule has 1 aliphatic heterocycles. The van der Waals surface area contributed by atoms with Crippen molar-refractivity contribution in [1.82, 2.24) is 4.31 Å². The summed E-state index contributed by atoms with van der Waals surface area (Å²) < 4.78 is 50.1. The third-order valence-corrected chi connectivity index (χ3v) is 5.59. The van der Waals surface area contributed by atoms with E-state index in [-0.39, 0.29) is 13.0 Å². The normalized spacial score (nSPS) is 18.5.